The van der Waals surface area contributed by atoms with E-state index in [0.29, 0.717) is 0 Å². The van der Waals surface area contributed by atoms with E-state index in [-0.39, 0.29) is 5.82 Å². The number of halogens is 1. The summed E-state index contributed by atoms with van der Waals surface area (Å²) in [4.78, 5) is 3.29. The van der Waals surface area contributed by atoms with E-state index in [0.717, 1.165) is 27.7 Å². The Balaban J connectivity index is 2.35. The Morgan fingerprint density at radius 2 is 1.76 bits per heavy atom. The van der Waals surface area contributed by atoms with Crippen LogP contribution in [0, 0.1) is 12.7 Å². The summed E-state index contributed by atoms with van der Waals surface area (Å²) in [6, 6.07) is 14.9. The Bertz CT molecular complexity index is 668. The van der Waals surface area contributed by atoms with Gasteiger partial charge in [-0.05, 0) is 30.7 Å². The van der Waals surface area contributed by atoms with Crippen LogP contribution in [0.4, 0.5) is 4.39 Å². The number of benzene rings is 2. The number of rotatable bonds is 1. The fourth-order valence-corrected chi connectivity index (χ4v) is 2.28. The second-order valence-electron chi connectivity index (χ2n) is 4.18. The molecule has 0 saturated heterocycles. The summed E-state index contributed by atoms with van der Waals surface area (Å²) in [6.07, 6.45) is 0. The molecule has 0 radical (unpaired) electrons. The average Bonchev–Trinajstić information content (AvgIpc) is 2.65. The topological polar surface area (TPSA) is 15.8 Å². The summed E-state index contributed by atoms with van der Waals surface area (Å²) >= 11 is 0. The molecule has 0 fully saturated rings. The van der Waals surface area contributed by atoms with Crippen LogP contribution in [-0.4, -0.2) is 4.98 Å². The molecule has 0 bridgehead atoms. The molecule has 2 aromatic carbocycles. The van der Waals surface area contributed by atoms with E-state index in [1.807, 2.05) is 37.3 Å². The zero-order valence-electron chi connectivity index (χ0n) is 9.50. The van der Waals surface area contributed by atoms with Crippen molar-refractivity contribution in [3.63, 3.8) is 0 Å². The Hall–Kier alpha value is -2.09. The summed E-state index contributed by atoms with van der Waals surface area (Å²) in [5.74, 6) is -0.200. The molecule has 1 heterocycles. The van der Waals surface area contributed by atoms with Crippen molar-refractivity contribution in [2.75, 3.05) is 0 Å². The quantitative estimate of drug-likeness (QED) is 0.636. The molecule has 2 heteroatoms. The van der Waals surface area contributed by atoms with Crippen molar-refractivity contribution in [1.82, 2.24) is 4.98 Å². The largest absolute Gasteiger partial charge is 0.358 e. The maximum Gasteiger partial charge on any atom is 0.123 e. The smallest absolute Gasteiger partial charge is 0.123 e. The molecular weight excluding hydrogens is 213 g/mol. The van der Waals surface area contributed by atoms with Crippen molar-refractivity contribution in [2.45, 2.75) is 6.92 Å². The normalized spacial score (nSPS) is 10.9. The molecule has 0 amide bonds. The van der Waals surface area contributed by atoms with Gasteiger partial charge in [-0.2, -0.15) is 0 Å². The zero-order chi connectivity index (χ0) is 11.8. The average molecular weight is 225 g/mol. The number of aryl methyl sites for hydroxylation is 1. The van der Waals surface area contributed by atoms with Crippen LogP contribution in [0.25, 0.3) is 22.0 Å². The lowest BCUT2D eigenvalue weighted by molar-refractivity contribution is 0.630. The van der Waals surface area contributed by atoms with Gasteiger partial charge in [-0.1, -0.05) is 30.3 Å². The van der Waals surface area contributed by atoms with Crippen LogP contribution in [-0.2, 0) is 0 Å². The third-order valence-electron chi connectivity index (χ3n) is 3.01. The number of fused-ring (bicyclic) bond motifs is 1. The number of hydrogen-bond donors (Lipinski definition) is 1. The molecule has 0 aliphatic carbocycles. The van der Waals surface area contributed by atoms with Crippen LogP contribution < -0.4 is 0 Å². The van der Waals surface area contributed by atoms with Crippen LogP contribution in [0.2, 0.25) is 0 Å². The van der Waals surface area contributed by atoms with Crippen LogP contribution in [0.5, 0.6) is 0 Å². The number of aromatic nitrogens is 1. The first-order valence-electron chi connectivity index (χ1n) is 5.59. The lowest BCUT2D eigenvalue weighted by Crippen LogP contribution is -1.79. The fourth-order valence-electron chi connectivity index (χ4n) is 2.28. The lowest BCUT2D eigenvalue weighted by Gasteiger charge is -2.01. The summed E-state index contributed by atoms with van der Waals surface area (Å²) in [5, 5.41) is 0.939. The predicted octanol–water partition coefficient (Wildman–Crippen LogP) is 4.28. The third-order valence-corrected chi connectivity index (χ3v) is 3.01. The molecule has 84 valence electrons. The van der Waals surface area contributed by atoms with Crippen LogP contribution in [0.3, 0.4) is 0 Å². The second kappa shape index (κ2) is 3.74. The fraction of sp³-hybridized carbons (Fsp3) is 0.0667. The predicted molar refractivity (Wildman–Crippen MR) is 68.4 cm³/mol. The number of hydrogen-bond acceptors (Lipinski definition) is 0. The van der Waals surface area contributed by atoms with Crippen molar-refractivity contribution in [3.05, 3.63) is 60.0 Å². The van der Waals surface area contributed by atoms with Gasteiger partial charge in [0.15, 0.2) is 0 Å². The molecule has 0 aliphatic rings. The first-order chi connectivity index (χ1) is 8.25. The van der Waals surface area contributed by atoms with Gasteiger partial charge in [-0.3, -0.25) is 0 Å². The Kier molecular flexibility index (Phi) is 2.22. The van der Waals surface area contributed by atoms with Gasteiger partial charge in [0.2, 0.25) is 0 Å². The van der Waals surface area contributed by atoms with Gasteiger partial charge in [0.05, 0.1) is 0 Å². The standard InChI is InChI=1S/C15H12FN/c1-10-15(11-5-3-2-4-6-11)13-9-12(16)7-8-14(13)17-10/h2-9,17H,1H3. The van der Waals surface area contributed by atoms with Crippen molar-refractivity contribution in [1.29, 1.82) is 0 Å². The summed E-state index contributed by atoms with van der Waals surface area (Å²) < 4.78 is 13.3. The number of nitrogens with one attached hydrogen (secondary N) is 1. The minimum absolute atomic E-state index is 0.200. The molecule has 3 aromatic rings. The van der Waals surface area contributed by atoms with E-state index in [1.165, 1.54) is 6.07 Å². The molecule has 0 spiro atoms. The Morgan fingerprint density at radius 3 is 2.53 bits per heavy atom. The Labute approximate surface area is 98.9 Å². The minimum atomic E-state index is -0.200. The third kappa shape index (κ3) is 1.62. The zero-order valence-corrected chi connectivity index (χ0v) is 9.50. The highest BCUT2D eigenvalue weighted by atomic mass is 19.1. The first kappa shape index (κ1) is 10.1. The molecule has 0 saturated carbocycles. The molecule has 1 nitrogen and oxygen atoms in total. The highest BCUT2D eigenvalue weighted by Gasteiger charge is 2.10. The molecule has 17 heavy (non-hydrogen) atoms. The Morgan fingerprint density at radius 1 is 1.00 bits per heavy atom. The van der Waals surface area contributed by atoms with Crippen LogP contribution in [0.15, 0.2) is 48.5 Å². The van der Waals surface area contributed by atoms with Gasteiger partial charge < -0.3 is 4.98 Å². The van der Waals surface area contributed by atoms with Gasteiger partial charge >= 0.3 is 0 Å². The van der Waals surface area contributed by atoms with E-state index < -0.39 is 0 Å². The summed E-state index contributed by atoms with van der Waals surface area (Å²) in [5.41, 5.74) is 4.24. The van der Waals surface area contributed by atoms with E-state index in [2.05, 4.69) is 4.98 Å². The van der Waals surface area contributed by atoms with Crippen molar-refractivity contribution in [2.24, 2.45) is 0 Å². The number of aromatic amines is 1. The maximum atomic E-state index is 13.3. The molecule has 1 N–H and O–H groups in total. The molecule has 0 unspecified atom stereocenters. The highest BCUT2D eigenvalue weighted by molar-refractivity contribution is 5.97. The summed E-state index contributed by atoms with van der Waals surface area (Å²) in [6.45, 7) is 2.01. The molecule has 3 rings (SSSR count). The molecule has 0 aliphatic heterocycles. The number of H-pyrrole nitrogens is 1. The van der Waals surface area contributed by atoms with Gasteiger partial charge in [-0.15, -0.1) is 0 Å². The van der Waals surface area contributed by atoms with Gasteiger partial charge in [0, 0.05) is 22.2 Å². The molecule has 0 atom stereocenters. The SMILES string of the molecule is Cc1[nH]c2ccc(F)cc2c1-c1ccccc1. The maximum absolute atomic E-state index is 13.3. The van der Waals surface area contributed by atoms with Crippen LogP contribution in [0.1, 0.15) is 5.69 Å². The van der Waals surface area contributed by atoms with Gasteiger partial charge in [0.1, 0.15) is 5.82 Å². The minimum Gasteiger partial charge on any atom is -0.358 e. The molecular formula is C15H12FN. The summed E-state index contributed by atoms with van der Waals surface area (Å²) in [7, 11) is 0. The van der Waals surface area contributed by atoms with Gasteiger partial charge in [0.25, 0.3) is 0 Å². The van der Waals surface area contributed by atoms with Crippen molar-refractivity contribution in [3.8, 4) is 11.1 Å². The van der Waals surface area contributed by atoms with E-state index in [4.69, 9.17) is 0 Å². The van der Waals surface area contributed by atoms with E-state index in [1.54, 1.807) is 12.1 Å². The van der Waals surface area contributed by atoms with Crippen molar-refractivity contribution >= 4 is 10.9 Å². The van der Waals surface area contributed by atoms with E-state index in [9.17, 15) is 4.39 Å². The van der Waals surface area contributed by atoms with Crippen LogP contribution >= 0.6 is 0 Å². The second-order valence-corrected chi connectivity index (χ2v) is 4.18. The molecule has 1 aromatic heterocycles. The van der Waals surface area contributed by atoms with Crippen molar-refractivity contribution < 1.29 is 4.39 Å². The van der Waals surface area contributed by atoms with E-state index >= 15 is 0 Å². The first-order valence-corrected chi connectivity index (χ1v) is 5.59. The highest BCUT2D eigenvalue weighted by Crippen LogP contribution is 2.32. The monoisotopic (exact) mass is 225 g/mol. The van der Waals surface area contributed by atoms with Gasteiger partial charge in [-0.25, -0.2) is 4.39 Å². The lowest BCUT2D eigenvalue weighted by atomic mass is 10.0.